The molecule has 4 atom stereocenters. The first-order valence-electron chi connectivity index (χ1n) is 40.3. The number of benzene rings is 6. The maximum atomic E-state index is 12.7. The summed E-state index contributed by atoms with van der Waals surface area (Å²) in [5.74, 6) is 2.61. The molecule has 121 heavy (non-hydrogen) atoms. The minimum atomic E-state index is -4.39. The van der Waals surface area contributed by atoms with Crippen LogP contribution in [0.2, 0.25) is 0 Å². The van der Waals surface area contributed by atoms with Crippen LogP contribution in [0.5, 0.6) is 23.0 Å². The average molecular weight is 1690 g/mol. The van der Waals surface area contributed by atoms with Crippen molar-refractivity contribution in [3.8, 4) is 23.0 Å². The van der Waals surface area contributed by atoms with Crippen LogP contribution in [0, 0.1) is 18.8 Å². The molecule has 17 nitrogen and oxygen atoms in total. The van der Waals surface area contributed by atoms with Gasteiger partial charge in [-0.1, -0.05) is 111 Å². The molecule has 10 aromatic rings. The molecule has 2 saturated carbocycles. The van der Waals surface area contributed by atoms with Crippen LogP contribution in [0.4, 0.5) is 52.7 Å². The fourth-order valence-electron chi connectivity index (χ4n) is 14.2. The highest BCUT2D eigenvalue weighted by Gasteiger charge is 2.34. The van der Waals surface area contributed by atoms with Gasteiger partial charge in [-0.2, -0.15) is 52.7 Å². The molecule has 2 fully saturated rings. The van der Waals surface area contributed by atoms with E-state index in [0.717, 1.165) is 101 Å². The number of hydrogen-bond acceptors (Lipinski definition) is 17. The molecule has 2 aliphatic rings. The van der Waals surface area contributed by atoms with Crippen molar-refractivity contribution in [3.63, 3.8) is 0 Å². The smallest absolute Gasteiger partial charge is 0.416 e. The highest BCUT2D eigenvalue weighted by atomic mass is 19.4. The van der Waals surface area contributed by atoms with Gasteiger partial charge in [0.25, 0.3) is 0 Å². The summed E-state index contributed by atoms with van der Waals surface area (Å²) in [5.41, 5.74) is 4.42. The monoisotopic (exact) mass is 1690 g/mol. The fourth-order valence-corrected chi connectivity index (χ4v) is 14.2. The second kappa shape index (κ2) is 48.5. The SMILES string of the molecule is Cc1ccccc1CN(Cc1cccnc1)CC(O)COc1ccc(C(F)(F)F)cc1.OC(COc1ccc(C(F)(F)F)cc1)CN(CC1CCCCC1)CC1CCCCC1.OC(COc1ccc(C(F)(F)F)cc1)CN(Cc1ccccc1)Cc1cncnc1.OC(COc1ccc(C(F)(F)F)cc1)CN(Cc1cccnc1)Cc1cccnc1. The second-order valence-electron chi connectivity index (χ2n) is 30.4. The van der Waals surface area contributed by atoms with E-state index in [2.05, 4.69) is 40.8 Å². The lowest BCUT2D eigenvalue weighted by molar-refractivity contribution is -0.138. The van der Waals surface area contributed by atoms with Crippen LogP contribution < -0.4 is 18.9 Å². The lowest BCUT2D eigenvalue weighted by atomic mass is 9.87. The Kier molecular flexibility index (Phi) is 38.0. The van der Waals surface area contributed by atoms with E-state index in [1.54, 1.807) is 49.6 Å². The van der Waals surface area contributed by atoms with Gasteiger partial charge < -0.3 is 44.3 Å². The van der Waals surface area contributed by atoms with Gasteiger partial charge in [-0.3, -0.25) is 29.7 Å². The van der Waals surface area contributed by atoms with Gasteiger partial charge in [0, 0.05) is 134 Å². The number of alkyl halides is 12. The Hall–Kier alpha value is -10.1. The first kappa shape index (κ1) is 94.7. The van der Waals surface area contributed by atoms with Crippen LogP contribution in [0.3, 0.4) is 0 Å². The molecule has 0 saturated heterocycles. The van der Waals surface area contributed by atoms with E-state index in [9.17, 15) is 73.1 Å². The predicted molar refractivity (Wildman–Crippen MR) is 436 cm³/mol. The molecule has 4 heterocycles. The first-order chi connectivity index (χ1) is 58.0. The molecule has 0 spiro atoms. The summed E-state index contributed by atoms with van der Waals surface area (Å²) >= 11 is 0. The maximum absolute atomic E-state index is 12.7. The molecule has 12 rings (SSSR count). The highest BCUT2D eigenvalue weighted by Crippen LogP contribution is 2.35. The fraction of sp³-hybridized carbons (Fsp3) is 0.402. The molecule has 29 heteroatoms. The Morgan fingerprint density at radius 3 is 0.909 bits per heavy atom. The summed E-state index contributed by atoms with van der Waals surface area (Å²) in [7, 11) is 0. The topological polar surface area (TPSA) is 195 Å². The van der Waals surface area contributed by atoms with Crippen molar-refractivity contribution >= 4 is 0 Å². The largest absolute Gasteiger partial charge is 0.491 e. The van der Waals surface area contributed by atoms with Gasteiger partial charge in [0.05, 0.1) is 22.3 Å². The molecule has 0 aliphatic heterocycles. The van der Waals surface area contributed by atoms with Crippen molar-refractivity contribution in [2.45, 2.75) is 160 Å². The molecule has 6 aromatic carbocycles. The molecule has 0 radical (unpaired) electrons. The van der Waals surface area contributed by atoms with Crippen molar-refractivity contribution in [2.24, 2.45) is 11.8 Å². The average Bonchev–Trinajstić information content (AvgIpc) is 0.869. The molecule has 4 N–H and O–H groups in total. The lowest BCUT2D eigenvalue weighted by Crippen LogP contribution is -2.41. The van der Waals surface area contributed by atoms with Gasteiger partial charge in [0.15, 0.2) is 0 Å². The zero-order chi connectivity index (χ0) is 86.5. The minimum absolute atomic E-state index is 0.0251. The van der Waals surface area contributed by atoms with Gasteiger partial charge in [-0.15, -0.1) is 0 Å². The number of aryl methyl sites for hydroxylation is 1. The van der Waals surface area contributed by atoms with Crippen LogP contribution in [-0.4, -0.2) is 155 Å². The van der Waals surface area contributed by atoms with Gasteiger partial charge in [0.2, 0.25) is 0 Å². The Labute approximate surface area is 698 Å². The third kappa shape index (κ3) is 35.9. The summed E-state index contributed by atoms with van der Waals surface area (Å²) in [4.78, 5) is 29.0. The van der Waals surface area contributed by atoms with Gasteiger partial charge in [0.1, 0.15) is 80.2 Å². The molecular formula is C92H105F12N9O8. The zero-order valence-corrected chi connectivity index (χ0v) is 67.4. The zero-order valence-electron chi connectivity index (χ0n) is 67.4. The summed E-state index contributed by atoms with van der Waals surface area (Å²) in [6, 6.07) is 47.3. The number of hydrogen-bond donors (Lipinski definition) is 4. The van der Waals surface area contributed by atoms with E-state index >= 15 is 0 Å². The van der Waals surface area contributed by atoms with Crippen molar-refractivity contribution in [2.75, 3.05) is 65.7 Å². The van der Waals surface area contributed by atoms with E-state index in [0.29, 0.717) is 83.0 Å². The van der Waals surface area contributed by atoms with Crippen LogP contribution in [0.15, 0.2) is 244 Å². The van der Waals surface area contributed by atoms with E-state index in [-0.39, 0.29) is 43.7 Å². The summed E-state index contributed by atoms with van der Waals surface area (Å²) in [6.45, 7) is 9.14. The summed E-state index contributed by atoms with van der Waals surface area (Å²) < 4.78 is 174. The van der Waals surface area contributed by atoms with Gasteiger partial charge in [-0.25, -0.2) is 9.97 Å². The maximum Gasteiger partial charge on any atom is 0.416 e. The molecular weight excluding hydrogens is 1590 g/mol. The number of halogens is 12. The predicted octanol–water partition coefficient (Wildman–Crippen LogP) is 18.6. The Morgan fingerprint density at radius 2 is 0.595 bits per heavy atom. The third-order valence-electron chi connectivity index (χ3n) is 20.2. The van der Waals surface area contributed by atoms with Crippen LogP contribution in [0.1, 0.15) is 125 Å². The minimum Gasteiger partial charge on any atom is -0.491 e. The molecule has 0 amide bonds. The Balaban J connectivity index is 0.000000183. The van der Waals surface area contributed by atoms with E-state index < -0.39 is 71.4 Å². The number of aromatic nitrogens is 5. The number of nitrogens with zero attached hydrogens (tertiary/aromatic N) is 9. The first-order valence-corrected chi connectivity index (χ1v) is 40.3. The Morgan fingerprint density at radius 1 is 0.314 bits per heavy atom. The van der Waals surface area contributed by atoms with E-state index in [1.165, 1.54) is 119 Å². The van der Waals surface area contributed by atoms with Crippen molar-refractivity contribution in [3.05, 3.63) is 305 Å². The van der Waals surface area contributed by atoms with Crippen molar-refractivity contribution in [1.29, 1.82) is 0 Å². The van der Waals surface area contributed by atoms with Crippen LogP contribution in [0.25, 0.3) is 0 Å². The van der Waals surface area contributed by atoms with Crippen molar-refractivity contribution in [1.82, 2.24) is 44.5 Å². The lowest BCUT2D eigenvalue weighted by Gasteiger charge is -2.34. The van der Waals surface area contributed by atoms with Gasteiger partial charge in [-0.05, 0) is 193 Å². The molecule has 2 aliphatic carbocycles. The quantitative estimate of drug-likeness (QED) is 0.0271. The van der Waals surface area contributed by atoms with Crippen molar-refractivity contribution < 1.29 is 92.1 Å². The normalized spacial score (nSPS) is 14.6. The molecule has 4 unspecified atom stereocenters. The molecule has 4 aromatic heterocycles. The number of pyridine rings is 3. The molecule has 650 valence electrons. The Bertz CT molecular complexity index is 4220. The van der Waals surface area contributed by atoms with E-state index in [4.69, 9.17) is 18.9 Å². The number of aliphatic hydroxyl groups excluding tert-OH is 4. The number of rotatable bonds is 36. The number of ether oxygens (including phenoxy) is 4. The highest BCUT2D eigenvalue weighted by molar-refractivity contribution is 5.33. The van der Waals surface area contributed by atoms with E-state index in [1.807, 2.05) is 102 Å². The molecule has 0 bridgehead atoms. The second-order valence-corrected chi connectivity index (χ2v) is 30.4. The van der Waals surface area contributed by atoms with Crippen LogP contribution in [-0.2, 0) is 64.0 Å². The van der Waals surface area contributed by atoms with Gasteiger partial charge >= 0.3 is 24.7 Å². The number of aliphatic hydroxyl groups is 4. The summed E-state index contributed by atoms with van der Waals surface area (Å²) in [5, 5.41) is 42.0. The third-order valence-corrected chi connectivity index (χ3v) is 20.2. The van der Waals surface area contributed by atoms with Crippen LogP contribution >= 0.6 is 0 Å². The standard InChI is InChI=1S/C24H25F3N2O2.C24H36F3NO2.2C22H22F3N3O2/c1-18-5-2-3-7-20(18)15-29(14-19-6-4-12-28-13-19)16-22(30)17-31-23-10-8-21(9-11-23)24(25,26)27;25-24(26,27)21-11-13-23(14-12-21)30-18-22(29)17-28(15-19-7-3-1-4-8-19)16-20-9-5-2-6-10-20;23-22(24,25)19-5-7-21(8-6-19)30-16-20(29)15-28(13-17-3-1-9-26-11-17)14-18-4-2-10-27-12-18;23-22(24,25)19-6-8-21(9-7-19)30-15-20(29)14-28(12-17-4-2-1-3-5-17)13-18-10-26-16-27-11-18/h2-13,22,30H,14-17H2,1H3;11-14,19-20,22,29H,1-10,15-18H2;1-12,20,29H,13-16H2;1-11,16,20,29H,12-15H2. The summed E-state index contributed by atoms with van der Waals surface area (Å²) in [6.07, 6.45) is 7.66.